The predicted molar refractivity (Wildman–Crippen MR) is 123 cm³/mol. The van der Waals surface area contributed by atoms with Gasteiger partial charge in [0.25, 0.3) is 5.91 Å². The van der Waals surface area contributed by atoms with Crippen LogP contribution in [0.1, 0.15) is 74.2 Å². The number of primary amides is 1. The quantitative estimate of drug-likeness (QED) is 0.475. The Morgan fingerprint density at radius 1 is 1.11 bits per heavy atom. The van der Waals surface area contributed by atoms with Gasteiger partial charge in [0.15, 0.2) is 6.17 Å². The number of amides is 1. The number of nitrogens with two attached hydrogens (primary N) is 1. The minimum absolute atomic E-state index is 0.0140. The van der Waals surface area contributed by atoms with Crippen molar-refractivity contribution in [3.8, 4) is 17.2 Å². The molecule has 5 nitrogen and oxygen atoms in total. The summed E-state index contributed by atoms with van der Waals surface area (Å²) in [7, 11) is 0. The van der Waals surface area contributed by atoms with Gasteiger partial charge in [0.2, 0.25) is 0 Å². The van der Waals surface area contributed by atoms with Crippen molar-refractivity contribution in [3.05, 3.63) is 86.7 Å². The van der Waals surface area contributed by atoms with Gasteiger partial charge in [-0.15, -0.1) is 0 Å². The first-order chi connectivity index (χ1) is 17.5. The summed E-state index contributed by atoms with van der Waals surface area (Å²) in [6.07, 6.45) is -8.63. The molecule has 0 spiro atoms. The molecule has 0 bridgehead atoms. The average Bonchev–Trinajstić information content (AvgIpc) is 3.15. The maximum atomic E-state index is 15.8. The minimum atomic E-state index is -2.19. The average molecular weight is 513 g/mol. The second kappa shape index (κ2) is 8.92. The largest absolute Gasteiger partial charge is 0.385 e. The Labute approximate surface area is 208 Å². The summed E-state index contributed by atoms with van der Waals surface area (Å²) < 4.78 is 74.4. The highest BCUT2D eigenvalue weighted by atomic mass is 19.2. The van der Waals surface area contributed by atoms with Crippen LogP contribution in [0.5, 0.6) is 0 Å². The number of halogens is 5. The first-order valence-electron chi connectivity index (χ1n) is 11.5. The number of carbonyl (C=O) groups is 1. The van der Waals surface area contributed by atoms with Gasteiger partial charge in [-0.05, 0) is 65.4 Å². The molecule has 1 aromatic heterocycles. The number of aliphatic hydroxyl groups excluding tert-OH is 1. The van der Waals surface area contributed by atoms with Gasteiger partial charge in [0, 0.05) is 29.2 Å². The normalized spacial score (nSPS) is 24.3. The predicted octanol–water partition coefficient (Wildman–Crippen LogP) is 5.12. The number of aromatic nitrogens is 1. The monoisotopic (exact) mass is 513 g/mol. The molecule has 10 heteroatoms. The van der Waals surface area contributed by atoms with Crippen LogP contribution in [0.2, 0.25) is 0 Å². The van der Waals surface area contributed by atoms with Gasteiger partial charge in [-0.2, -0.15) is 5.26 Å². The summed E-state index contributed by atoms with van der Waals surface area (Å²) in [6.45, 7) is 1.50. The van der Waals surface area contributed by atoms with Crippen molar-refractivity contribution in [1.82, 2.24) is 4.98 Å². The Bertz CT molecular complexity index is 1500. The summed E-state index contributed by atoms with van der Waals surface area (Å²) >= 11 is 0. The number of nitrogens with zero attached hydrogens (tertiary/aromatic N) is 2. The third-order valence-corrected chi connectivity index (χ3v) is 7.21. The van der Waals surface area contributed by atoms with Gasteiger partial charge in [0.1, 0.15) is 35.8 Å². The lowest BCUT2D eigenvalue weighted by atomic mass is 9.73. The van der Waals surface area contributed by atoms with Crippen LogP contribution in [0.3, 0.4) is 0 Å². The van der Waals surface area contributed by atoms with E-state index in [-0.39, 0.29) is 62.3 Å². The molecule has 0 unspecified atom stereocenters. The second-order valence-electron chi connectivity index (χ2n) is 9.35. The van der Waals surface area contributed by atoms with Crippen molar-refractivity contribution in [1.29, 1.82) is 5.26 Å². The van der Waals surface area contributed by atoms with E-state index in [1.807, 2.05) is 0 Å². The van der Waals surface area contributed by atoms with Crippen LogP contribution in [-0.4, -0.2) is 28.3 Å². The molecule has 3 N–H and O–H groups in total. The van der Waals surface area contributed by atoms with E-state index >= 15 is 4.39 Å². The molecule has 2 aromatic carbocycles. The van der Waals surface area contributed by atoms with E-state index in [0.29, 0.717) is 0 Å². The molecule has 0 aliphatic heterocycles. The van der Waals surface area contributed by atoms with Crippen molar-refractivity contribution in [2.75, 3.05) is 0 Å². The second-order valence-corrected chi connectivity index (χ2v) is 9.35. The minimum Gasteiger partial charge on any atom is -0.385 e. The molecule has 0 saturated heterocycles. The van der Waals surface area contributed by atoms with E-state index in [9.17, 15) is 32.7 Å². The third kappa shape index (κ3) is 3.85. The summed E-state index contributed by atoms with van der Waals surface area (Å²) in [6, 6.07) is 7.23. The Morgan fingerprint density at radius 2 is 1.84 bits per heavy atom. The van der Waals surface area contributed by atoms with Gasteiger partial charge in [0.05, 0.1) is 11.6 Å². The molecule has 0 saturated carbocycles. The molecule has 5 rings (SSSR count). The lowest BCUT2D eigenvalue weighted by molar-refractivity contribution is 0.0928. The van der Waals surface area contributed by atoms with Crippen molar-refractivity contribution < 1.29 is 31.9 Å². The number of aryl methyl sites for hydroxylation is 1. The zero-order valence-corrected chi connectivity index (χ0v) is 19.4. The molecule has 37 heavy (non-hydrogen) atoms. The smallest absolute Gasteiger partial charge is 0.267 e. The zero-order valence-electron chi connectivity index (χ0n) is 19.4. The molecule has 1 heterocycles. The van der Waals surface area contributed by atoms with Gasteiger partial charge in [-0.25, -0.2) is 26.9 Å². The number of fused-ring (bicyclic) bond motifs is 2. The fourth-order valence-electron chi connectivity index (χ4n) is 5.61. The zero-order chi connectivity index (χ0) is 26.8. The summed E-state index contributed by atoms with van der Waals surface area (Å²) in [5.41, 5.74) is 5.10. The number of alkyl halides is 3. The van der Waals surface area contributed by atoms with E-state index < -0.39 is 54.5 Å². The number of aliphatic hydroxyl groups is 1. The van der Waals surface area contributed by atoms with Crippen molar-refractivity contribution in [2.24, 2.45) is 5.73 Å². The number of hydrogen-bond donors (Lipinski definition) is 2. The number of carbonyl (C=O) groups excluding carboxylic acids is 1. The van der Waals surface area contributed by atoms with Crippen LogP contribution in [-0.2, 0) is 6.42 Å². The van der Waals surface area contributed by atoms with E-state index in [1.54, 1.807) is 6.07 Å². The molecule has 0 fully saturated rings. The van der Waals surface area contributed by atoms with E-state index in [0.717, 1.165) is 18.2 Å². The van der Waals surface area contributed by atoms with Crippen molar-refractivity contribution in [3.63, 3.8) is 0 Å². The Kier molecular flexibility index (Phi) is 5.99. The van der Waals surface area contributed by atoms with Gasteiger partial charge >= 0.3 is 0 Å². The highest BCUT2D eigenvalue weighted by Crippen LogP contribution is 2.51. The topological polar surface area (TPSA) is 100 Å². The Balaban J connectivity index is 1.77. The number of benzene rings is 2. The van der Waals surface area contributed by atoms with Gasteiger partial charge < -0.3 is 10.8 Å². The van der Waals surface area contributed by atoms with Crippen molar-refractivity contribution in [2.45, 2.75) is 50.3 Å². The summed E-state index contributed by atoms with van der Waals surface area (Å²) in [5.74, 6) is -3.69. The Morgan fingerprint density at radius 3 is 2.49 bits per heavy atom. The van der Waals surface area contributed by atoms with Crippen LogP contribution in [0, 0.1) is 29.9 Å². The molecular weight excluding hydrogens is 493 g/mol. The standard InChI is InChI=1S/C27H20F5N3O2/c1-10-13(2-3-21(35-10)27(34)37)23-18(29)6-14(16-8-20(31)26(36)24(16)23)15-7-19(30)25(32)17-5-12(28)4-11(9-33)22(15)17/h2-6,15,19-20,25-26,36H,7-8H2,1H3,(H2,34,37)/t15-,19+,20-,25-,26-/m1/s1. The molecular formula is C27H20F5N3O2. The fraction of sp³-hybridized carbons (Fsp3) is 0.296. The van der Waals surface area contributed by atoms with Crippen LogP contribution in [0.15, 0.2) is 30.3 Å². The number of pyridine rings is 1. The van der Waals surface area contributed by atoms with E-state index in [1.165, 1.54) is 19.1 Å². The molecule has 1 amide bonds. The molecule has 190 valence electrons. The van der Waals surface area contributed by atoms with Gasteiger partial charge in [-0.1, -0.05) is 6.07 Å². The molecule has 2 aliphatic rings. The van der Waals surface area contributed by atoms with Gasteiger partial charge in [-0.3, -0.25) is 4.79 Å². The number of hydrogen-bond acceptors (Lipinski definition) is 4. The lowest BCUT2D eigenvalue weighted by Gasteiger charge is -2.33. The highest BCUT2D eigenvalue weighted by molar-refractivity contribution is 5.91. The van der Waals surface area contributed by atoms with Crippen LogP contribution in [0.4, 0.5) is 22.0 Å². The third-order valence-electron chi connectivity index (χ3n) is 7.21. The number of nitriles is 1. The van der Waals surface area contributed by atoms with Crippen molar-refractivity contribution >= 4 is 5.91 Å². The maximum Gasteiger partial charge on any atom is 0.267 e. The van der Waals surface area contributed by atoms with E-state index in [4.69, 9.17) is 5.73 Å². The molecule has 3 aromatic rings. The summed E-state index contributed by atoms with van der Waals surface area (Å²) in [4.78, 5) is 15.6. The van der Waals surface area contributed by atoms with Crippen LogP contribution in [0.25, 0.3) is 11.1 Å². The van der Waals surface area contributed by atoms with E-state index in [2.05, 4.69) is 4.98 Å². The molecule has 5 atom stereocenters. The summed E-state index contributed by atoms with van der Waals surface area (Å²) in [5, 5.41) is 20.3. The van der Waals surface area contributed by atoms with Crippen LogP contribution < -0.4 is 5.73 Å². The maximum absolute atomic E-state index is 15.8. The highest BCUT2D eigenvalue weighted by Gasteiger charge is 2.43. The Hall–Kier alpha value is -3.84. The van der Waals surface area contributed by atoms with Crippen LogP contribution >= 0.6 is 0 Å². The number of rotatable bonds is 3. The first-order valence-corrected chi connectivity index (χ1v) is 11.5. The first kappa shape index (κ1) is 24.8. The molecule has 2 aliphatic carbocycles. The SMILES string of the molecule is Cc1nc(C(N)=O)ccc1-c1c(F)cc([C@H]2C[C@H](F)[C@H](F)c3cc(F)cc(C#N)c32)c2c1[C@H](O)[C@H](F)C2. The fourth-order valence-corrected chi connectivity index (χ4v) is 5.61. The molecule has 0 radical (unpaired) electrons. The lowest BCUT2D eigenvalue weighted by Crippen LogP contribution is -2.25.